The van der Waals surface area contributed by atoms with E-state index >= 15 is 0 Å². The van der Waals surface area contributed by atoms with E-state index in [9.17, 15) is 9.59 Å². The van der Waals surface area contributed by atoms with Crippen LogP contribution in [0, 0.1) is 0 Å². The molecule has 0 aliphatic rings. The minimum Gasteiger partial charge on any atom is -0.483 e. The lowest BCUT2D eigenvalue weighted by molar-refractivity contribution is -0.142. The number of fused-ring (bicyclic) bond motifs is 1. The summed E-state index contributed by atoms with van der Waals surface area (Å²) in [5.74, 6) is 0.167. The van der Waals surface area contributed by atoms with E-state index in [1.165, 1.54) is 0 Å². The summed E-state index contributed by atoms with van der Waals surface area (Å²) in [6, 6.07) is 30.7. The van der Waals surface area contributed by atoms with Crippen LogP contribution in [-0.4, -0.2) is 35.9 Å². The van der Waals surface area contributed by atoms with Crippen LogP contribution < -0.4 is 10.1 Å². The average Bonchev–Trinajstić information content (AvgIpc) is 2.94. The first-order chi connectivity index (χ1) is 18.1. The fourth-order valence-corrected chi connectivity index (χ4v) is 4.86. The Morgan fingerprint density at radius 2 is 1.51 bits per heavy atom. The van der Waals surface area contributed by atoms with Crippen LogP contribution in [0.2, 0.25) is 0 Å². The van der Waals surface area contributed by atoms with Gasteiger partial charge in [0.25, 0.3) is 5.91 Å². The van der Waals surface area contributed by atoms with Gasteiger partial charge in [-0.2, -0.15) is 0 Å². The summed E-state index contributed by atoms with van der Waals surface area (Å²) in [7, 11) is 0. The maximum atomic E-state index is 13.7. The highest BCUT2D eigenvalue weighted by molar-refractivity contribution is 9.10. The molecule has 37 heavy (non-hydrogen) atoms. The molecular weight excluding hydrogens is 528 g/mol. The summed E-state index contributed by atoms with van der Waals surface area (Å²) in [5.41, 5.74) is 1.94. The lowest BCUT2D eigenvalue weighted by Gasteiger charge is -2.31. The molecule has 0 spiro atoms. The van der Waals surface area contributed by atoms with Crippen molar-refractivity contribution >= 4 is 38.5 Å². The van der Waals surface area contributed by atoms with Gasteiger partial charge in [0.1, 0.15) is 11.8 Å². The van der Waals surface area contributed by atoms with Gasteiger partial charge in [-0.05, 0) is 50.3 Å². The molecule has 0 saturated carbocycles. The maximum absolute atomic E-state index is 13.7. The summed E-state index contributed by atoms with van der Waals surface area (Å²) < 4.78 is 6.82. The molecule has 0 saturated heterocycles. The van der Waals surface area contributed by atoms with Crippen LogP contribution >= 0.6 is 15.9 Å². The molecule has 0 aliphatic heterocycles. The molecule has 0 bridgehead atoms. The number of hydrogen-bond donors (Lipinski definition) is 1. The minimum absolute atomic E-state index is 0.165. The summed E-state index contributed by atoms with van der Waals surface area (Å²) in [6.07, 6.45) is 1.23. The van der Waals surface area contributed by atoms with Crippen LogP contribution in [0.5, 0.6) is 5.75 Å². The monoisotopic (exact) mass is 558 g/mol. The van der Waals surface area contributed by atoms with Gasteiger partial charge in [-0.1, -0.05) is 97.9 Å². The Morgan fingerprint density at radius 3 is 2.22 bits per heavy atom. The largest absolute Gasteiger partial charge is 0.483 e. The third-order valence-corrected chi connectivity index (χ3v) is 7.01. The molecule has 4 aromatic rings. The van der Waals surface area contributed by atoms with Crippen LogP contribution in [0.3, 0.4) is 0 Å². The van der Waals surface area contributed by atoms with Crippen molar-refractivity contribution in [3.05, 3.63) is 113 Å². The lowest BCUT2D eigenvalue weighted by Crippen LogP contribution is -2.51. The smallest absolute Gasteiger partial charge is 0.261 e. The number of nitrogens with one attached hydrogen (secondary N) is 1. The topological polar surface area (TPSA) is 58.6 Å². The highest BCUT2D eigenvalue weighted by atomic mass is 79.9. The van der Waals surface area contributed by atoms with E-state index in [0.29, 0.717) is 25.3 Å². The van der Waals surface area contributed by atoms with Gasteiger partial charge in [0.2, 0.25) is 5.91 Å². The van der Waals surface area contributed by atoms with Crippen LogP contribution in [-0.2, 0) is 22.6 Å². The average molecular weight is 560 g/mol. The Labute approximate surface area is 226 Å². The van der Waals surface area contributed by atoms with Crippen LogP contribution in [0.15, 0.2) is 102 Å². The van der Waals surface area contributed by atoms with Gasteiger partial charge in [0.15, 0.2) is 6.61 Å². The van der Waals surface area contributed by atoms with Gasteiger partial charge in [-0.3, -0.25) is 9.59 Å². The molecule has 6 heteroatoms. The van der Waals surface area contributed by atoms with Gasteiger partial charge in [0, 0.05) is 19.5 Å². The fraction of sp³-hybridized carbons (Fsp3) is 0.226. The standard InChI is InChI=1S/C31H31BrN2O3/c1-2-19-33-31(36)27(20-23-11-5-3-6-12-23)34(21-24-13-7-4-8-14-24)29(35)22-37-28-18-17-25-15-9-10-16-26(25)30(28)32/h3-18,27H,2,19-22H2,1H3,(H,33,36). The zero-order valence-electron chi connectivity index (χ0n) is 20.9. The van der Waals surface area contributed by atoms with Crippen molar-refractivity contribution in [3.63, 3.8) is 0 Å². The molecule has 5 nitrogen and oxygen atoms in total. The quantitative estimate of drug-likeness (QED) is 0.240. The molecule has 0 aromatic heterocycles. The first kappa shape index (κ1) is 26.4. The van der Waals surface area contributed by atoms with Gasteiger partial charge in [0.05, 0.1) is 4.47 Å². The Kier molecular flexibility index (Phi) is 9.33. The predicted octanol–water partition coefficient (Wildman–Crippen LogP) is 6.15. The summed E-state index contributed by atoms with van der Waals surface area (Å²) in [6.45, 7) is 2.68. The molecule has 1 atom stereocenters. The molecule has 0 aliphatic carbocycles. The molecule has 4 rings (SSSR count). The second-order valence-electron chi connectivity index (χ2n) is 8.89. The SMILES string of the molecule is CCCNC(=O)C(Cc1ccccc1)N(Cc1ccccc1)C(=O)COc1ccc2ccccc2c1Br. The number of carbonyl (C=O) groups excluding carboxylic acids is 2. The molecule has 0 fully saturated rings. The molecule has 4 aromatic carbocycles. The van der Waals surface area contributed by atoms with Crippen molar-refractivity contribution < 1.29 is 14.3 Å². The van der Waals surface area contributed by atoms with Crippen molar-refractivity contribution in [2.24, 2.45) is 0 Å². The van der Waals surface area contributed by atoms with Gasteiger partial charge in [-0.15, -0.1) is 0 Å². The zero-order valence-corrected chi connectivity index (χ0v) is 22.5. The molecule has 2 amide bonds. The maximum Gasteiger partial charge on any atom is 0.261 e. The number of amides is 2. The highest BCUT2D eigenvalue weighted by Gasteiger charge is 2.30. The molecule has 0 heterocycles. The van der Waals surface area contributed by atoms with Crippen molar-refractivity contribution in [1.29, 1.82) is 0 Å². The summed E-state index contributed by atoms with van der Waals surface area (Å²) in [5, 5.41) is 5.08. The number of nitrogens with zero attached hydrogens (tertiary/aromatic N) is 1. The number of ether oxygens (including phenoxy) is 1. The number of carbonyl (C=O) groups is 2. The van der Waals surface area contributed by atoms with Crippen molar-refractivity contribution in [2.75, 3.05) is 13.2 Å². The Hall–Kier alpha value is -3.64. The normalized spacial score (nSPS) is 11.6. The molecule has 190 valence electrons. The van der Waals surface area contributed by atoms with Crippen LogP contribution in [0.1, 0.15) is 24.5 Å². The lowest BCUT2D eigenvalue weighted by atomic mass is 10.0. The Bertz CT molecular complexity index is 1330. The molecule has 1 unspecified atom stereocenters. The van der Waals surface area contributed by atoms with Crippen LogP contribution in [0.4, 0.5) is 0 Å². The second kappa shape index (κ2) is 13.1. The van der Waals surface area contributed by atoms with E-state index in [1.807, 2.05) is 104 Å². The molecule has 0 radical (unpaired) electrons. The van der Waals surface area contributed by atoms with E-state index in [4.69, 9.17) is 4.74 Å². The van der Waals surface area contributed by atoms with Gasteiger partial charge < -0.3 is 15.0 Å². The molecular formula is C31H31BrN2O3. The summed E-state index contributed by atoms with van der Waals surface area (Å²) >= 11 is 3.63. The van der Waals surface area contributed by atoms with Crippen molar-refractivity contribution in [2.45, 2.75) is 32.4 Å². The second-order valence-corrected chi connectivity index (χ2v) is 9.68. The zero-order chi connectivity index (χ0) is 26.0. The third kappa shape index (κ3) is 6.98. The molecule has 1 N–H and O–H groups in total. The van der Waals surface area contributed by atoms with E-state index in [-0.39, 0.29) is 18.4 Å². The number of halogens is 1. The van der Waals surface area contributed by atoms with E-state index in [1.54, 1.807) is 4.90 Å². The minimum atomic E-state index is -0.676. The number of benzene rings is 4. The van der Waals surface area contributed by atoms with E-state index in [0.717, 1.165) is 32.8 Å². The van der Waals surface area contributed by atoms with Crippen LogP contribution in [0.25, 0.3) is 10.8 Å². The first-order valence-corrected chi connectivity index (χ1v) is 13.3. The first-order valence-electron chi connectivity index (χ1n) is 12.5. The van der Waals surface area contributed by atoms with Crippen molar-refractivity contribution in [1.82, 2.24) is 10.2 Å². The highest BCUT2D eigenvalue weighted by Crippen LogP contribution is 2.33. The third-order valence-electron chi connectivity index (χ3n) is 6.20. The van der Waals surface area contributed by atoms with Crippen molar-refractivity contribution in [3.8, 4) is 5.75 Å². The Balaban J connectivity index is 1.61. The van der Waals surface area contributed by atoms with E-state index in [2.05, 4.69) is 21.2 Å². The van der Waals surface area contributed by atoms with Gasteiger partial charge >= 0.3 is 0 Å². The predicted molar refractivity (Wildman–Crippen MR) is 151 cm³/mol. The fourth-order valence-electron chi connectivity index (χ4n) is 4.25. The van der Waals surface area contributed by atoms with E-state index < -0.39 is 6.04 Å². The number of rotatable bonds is 11. The number of hydrogen-bond acceptors (Lipinski definition) is 3. The Morgan fingerprint density at radius 1 is 0.865 bits per heavy atom. The summed E-state index contributed by atoms with van der Waals surface area (Å²) in [4.78, 5) is 28.7. The van der Waals surface area contributed by atoms with Gasteiger partial charge in [-0.25, -0.2) is 0 Å².